The molecule has 0 saturated carbocycles. The molecule has 2 nitrogen and oxygen atoms in total. The number of hydrogen-bond donors (Lipinski definition) is 0. The molecule has 1 heterocycles. The Labute approximate surface area is 116 Å². The van der Waals surface area contributed by atoms with Crippen LogP contribution in [0.2, 0.25) is 0 Å². The lowest BCUT2D eigenvalue weighted by Crippen LogP contribution is -1.94. The fraction of sp³-hybridized carbons (Fsp3) is 0.200. The summed E-state index contributed by atoms with van der Waals surface area (Å²) in [4.78, 5) is 16.0. The number of benzene rings is 1. The van der Waals surface area contributed by atoms with Crippen molar-refractivity contribution in [3.63, 3.8) is 0 Å². The first-order valence-corrected chi connectivity index (χ1v) is 6.71. The number of Topliss-reactive ketones (excluding diaryl/α,β-unsaturated/α-hetero) is 1. The molecule has 0 spiro atoms. The minimum atomic E-state index is -0.390. The van der Waals surface area contributed by atoms with Crippen molar-refractivity contribution in [3.05, 3.63) is 53.0 Å². The van der Waals surface area contributed by atoms with E-state index in [1.807, 2.05) is 26.0 Å². The lowest BCUT2D eigenvalue weighted by atomic mass is 10.1. The number of carbonyl (C=O) groups excluding carboxylic acids is 1. The zero-order chi connectivity index (χ0) is 14.0. The second-order valence-corrected chi connectivity index (χ2v) is 5.49. The highest BCUT2D eigenvalue weighted by Crippen LogP contribution is 2.29. The van der Waals surface area contributed by atoms with Crippen molar-refractivity contribution in [1.29, 1.82) is 0 Å². The smallest absolute Gasteiger partial charge is 0.159 e. The molecule has 0 N–H and O–H groups in total. The summed E-state index contributed by atoms with van der Waals surface area (Å²) in [5, 5.41) is 0.756. The Morgan fingerprint density at radius 1 is 1.21 bits per heavy atom. The van der Waals surface area contributed by atoms with Crippen molar-refractivity contribution in [2.24, 2.45) is 0 Å². The molecular weight excluding hydrogens is 261 g/mol. The molecule has 19 heavy (non-hydrogen) atoms. The highest BCUT2D eigenvalue weighted by atomic mass is 32.2. The molecule has 0 aliphatic rings. The van der Waals surface area contributed by atoms with Gasteiger partial charge in [0.25, 0.3) is 0 Å². The van der Waals surface area contributed by atoms with Crippen molar-refractivity contribution in [2.75, 3.05) is 0 Å². The van der Waals surface area contributed by atoms with Crippen molar-refractivity contribution in [2.45, 2.75) is 30.7 Å². The van der Waals surface area contributed by atoms with E-state index in [0.29, 0.717) is 10.5 Å². The minimum absolute atomic E-state index is 0.139. The molecule has 0 saturated heterocycles. The Balaban J connectivity index is 2.30. The van der Waals surface area contributed by atoms with Crippen LogP contribution >= 0.6 is 11.8 Å². The number of halogens is 1. The molecule has 1 aromatic carbocycles. The Bertz CT molecular complexity index is 620. The fourth-order valence-electron chi connectivity index (χ4n) is 1.77. The number of pyridine rings is 1. The van der Waals surface area contributed by atoms with Gasteiger partial charge in [0.1, 0.15) is 10.8 Å². The normalized spacial score (nSPS) is 10.5. The van der Waals surface area contributed by atoms with E-state index >= 15 is 0 Å². The molecule has 4 heteroatoms. The molecule has 0 aliphatic heterocycles. The van der Waals surface area contributed by atoms with Crippen molar-refractivity contribution in [1.82, 2.24) is 4.98 Å². The van der Waals surface area contributed by atoms with Crippen LogP contribution in [-0.4, -0.2) is 10.8 Å². The van der Waals surface area contributed by atoms with Crippen LogP contribution in [0.5, 0.6) is 0 Å². The Hall–Kier alpha value is -1.68. The summed E-state index contributed by atoms with van der Waals surface area (Å²) in [6, 6.07) is 8.41. The highest BCUT2D eigenvalue weighted by molar-refractivity contribution is 7.99. The van der Waals surface area contributed by atoms with Crippen LogP contribution in [0.3, 0.4) is 0 Å². The number of aryl methyl sites for hydroxylation is 2. The van der Waals surface area contributed by atoms with E-state index in [9.17, 15) is 9.18 Å². The Kier molecular flexibility index (Phi) is 4.00. The highest BCUT2D eigenvalue weighted by Gasteiger charge is 2.09. The van der Waals surface area contributed by atoms with Crippen molar-refractivity contribution >= 4 is 17.5 Å². The standard InChI is InChI=1S/C15H14FNOS/c1-9-6-10(2)17-15(7-9)19-14-5-4-12(11(3)18)8-13(14)16/h4-8H,1-3H3. The summed E-state index contributed by atoms with van der Waals surface area (Å²) >= 11 is 1.27. The molecule has 2 rings (SSSR count). The first kappa shape index (κ1) is 13.7. The summed E-state index contributed by atoms with van der Waals surface area (Å²) in [5.74, 6) is -0.529. The molecule has 1 aromatic heterocycles. The zero-order valence-corrected chi connectivity index (χ0v) is 11.8. The Morgan fingerprint density at radius 3 is 2.53 bits per heavy atom. The van der Waals surface area contributed by atoms with Crippen LogP contribution in [-0.2, 0) is 0 Å². The predicted molar refractivity (Wildman–Crippen MR) is 74.2 cm³/mol. The number of aromatic nitrogens is 1. The molecular formula is C15H14FNOS. The molecule has 0 unspecified atom stereocenters. The summed E-state index contributed by atoms with van der Waals surface area (Å²) < 4.78 is 13.9. The number of rotatable bonds is 3. The van der Waals surface area contributed by atoms with Gasteiger partial charge in [0.05, 0.1) is 0 Å². The molecule has 0 atom stereocenters. The third kappa shape index (κ3) is 3.41. The zero-order valence-electron chi connectivity index (χ0n) is 11.0. The van der Waals surface area contributed by atoms with E-state index in [1.54, 1.807) is 12.1 Å². The minimum Gasteiger partial charge on any atom is -0.295 e. The largest absolute Gasteiger partial charge is 0.295 e. The van der Waals surface area contributed by atoms with Gasteiger partial charge in [-0.2, -0.15) is 0 Å². The quantitative estimate of drug-likeness (QED) is 0.787. The van der Waals surface area contributed by atoms with Gasteiger partial charge in [-0.3, -0.25) is 4.79 Å². The average Bonchev–Trinajstić information content (AvgIpc) is 2.30. The van der Waals surface area contributed by atoms with E-state index in [1.165, 1.54) is 24.8 Å². The van der Waals surface area contributed by atoms with Crippen LogP contribution in [0.25, 0.3) is 0 Å². The summed E-state index contributed by atoms with van der Waals surface area (Å²) in [6.07, 6.45) is 0. The van der Waals surface area contributed by atoms with Gasteiger partial charge in [0.2, 0.25) is 0 Å². The molecule has 98 valence electrons. The summed E-state index contributed by atoms with van der Waals surface area (Å²) in [5.41, 5.74) is 2.38. The molecule has 2 aromatic rings. The van der Waals surface area contributed by atoms with E-state index in [4.69, 9.17) is 0 Å². The Morgan fingerprint density at radius 2 is 1.95 bits per heavy atom. The van der Waals surface area contributed by atoms with Crippen molar-refractivity contribution < 1.29 is 9.18 Å². The number of nitrogens with zero attached hydrogens (tertiary/aromatic N) is 1. The number of carbonyl (C=O) groups is 1. The third-order valence-electron chi connectivity index (χ3n) is 2.63. The van der Waals surface area contributed by atoms with Gasteiger partial charge >= 0.3 is 0 Å². The fourth-order valence-corrected chi connectivity index (χ4v) is 2.72. The first-order valence-electron chi connectivity index (χ1n) is 5.89. The maximum atomic E-state index is 13.9. The molecule has 0 bridgehead atoms. The molecule has 0 amide bonds. The van der Waals surface area contributed by atoms with E-state index in [0.717, 1.165) is 16.3 Å². The topological polar surface area (TPSA) is 30.0 Å². The SMILES string of the molecule is CC(=O)c1ccc(Sc2cc(C)cc(C)n2)c(F)c1. The van der Waals surface area contributed by atoms with E-state index < -0.39 is 5.82 Å². The van der Waals surface area contributed by atoms with Gasteiger partial charge in [0.15, 0.2) is 5.78 Å². The van der Waals surface area contributed by atoms with Gasteiger partial charge in [0, 0.05) is 16.2 Å². The van der Waals surface area contributed by atoms with Gasteiger partial charge in [-0.15, -0.1) is 0 Å². The first-order chi connectivity index (χ1) is 8.95. The maximum Gasteiger partial charge on any atom is 0.159 e. The number of hydrogen-bond acceptors (Lipinski definition) is 3. The van der Waals surface area contributed by atoms with Gasteiger partial charge < -0.3 is 0 Å². The molecule has 0 radical (unpaired) electrons. The average molecular weight is 275 g/mol. The predicted octanol–water partition coefficient (Wildman–Crippen LogP) is 4.19. The van der Waals surface area contributed by atoms with Crippen LogP contribution in [0, 0.1) is 19.7 Å². The van der Waals surface area contributed by atoms with Crippen molar-refractivity contribution in [3.8, 4) is 0 Å². The van der Waals surface area contributed by atoms with E-state index in [-0.39, 0.29) is 5.78 Å². The van der Waals surface area contributed by atoms with Crippen LogP contribution < -0.4 is 0 Å². The monoisotopic (exact) mass is 275 g/mol. The second-order valence-electron chi connectivity index (χ2n) is 4.43. The third-order valence-corrected chi connectivity index (χ3v) is 3.60. The van der Waals surface area contributed by atoms with Gasteiger partial charge in [-0.1, -0.05) is 17.8 Å². The summed E-state index contributed by atoms with van der Waals surface area (Å²) in [7, 11) is 0. The number of ketones is 1. The second kappa shape index (κ2) is 5.53. The molecule has 0 fully saturated rings. The molecule has 0 aliphatic carbocycles. The maximum absolute atomic E-state index is 13.9. The lowest BCUT2D eigenvalue weighted by Gasteiger charge is -2.06. The van der Waals surface area contributed by atoms with Crippen LogP contribution in [0.4, 0.5) is 4.39 Å². The van der Waals surface area contributed by atoms with Crippen LogP contribution in [0.15, 0.2) is 40.3 Å². The van der Waals surface area contributed by atoms with Crippen LogP contribution in [0.1, 0.15) is 28.5 Å². The lowest BCUT2D eigenvalue weighted by molar-refractivity contribution is 0.101. The van der Waals surface area contributed by atoms with Gasteiger partial charge in [-0.25, -0.2) is 9.37 Å². The van der Waals surface area contributed by atoms with E-state index in [2.05, 4.69) is 4.98 Å². The summed E-state index contributed by atoms with van der Waals surface area (Å²) in [6.45, 7) is 5.31. The van der Waals surface area contributed by atoms with Gasteiger partial charge in [-0.05, 0) is 50.6 Å².